The highest BCUT2D eigenvalue weighted by molar-refractivity contribution is 7.89. The Kier molecular flexibility index (Phi) is 5.79. The first kappa shape index (κ1) is 22.0. The van der Waals surface area contributed by atoms with Gasteiger partial charge in [-0.1, -0.05) is 6.92 Å². The van der Waals surface area contributed by atoms with E-state index in [1.807, 2.05) is 12.1 Å². The molecule has 32 heavy (non-hydrogen) atoms. The topological polar surface area (TPSA) is 131 Å². The van der Waals surface area contributed by atoms with E-state index in [1.54, 1.807) is 6.07 Å². The Hall–Kier alpha value is -3.17. The molecular formula is C23H25N3O5S. The molecule has 9 heteroatoms. The number of ether oxygens (including phenoxy) is 1. The Morgan fingerprint density at radius 2 is 1.91 bits per heavy atom. The largest absolute Gasteiger partial charge is 0.449 e. The molecule has 0 spiro atoms. The number of anilines is 1. The summed E-state index contributed by atoms with van der Waals surface area (Å²) in [6, 6.07) is 10.8. The quantitative estimate of drug-likeness (QED) is 0.509. The average molecular weight is 456 g/mol. The molecule has 0 fully saturated rings. The molecule has 4 N–H and O–H groups in total. The van der Waals surface area contributed by atoms with Gasteiger partial charge in [-0.15, -0.1) is 0 Å². The summed E-state index contributed by atoms with van der Waals surface area (Å²) in [5.41, 5.74) is 4.22. The molecule has 2 atom stereocenters. The Morgan fingerprint density at radius 1 is 1.19 bits per heavy atom. The molecule has 0 aliphatic heterocycles. The highest BCUT2D eigenvalue weighted by Crippen LogP contribution is 2.32. The van der Waals surface area contributed by atoms with Crippen molar-refractivity contribution in [3.63, 3.8) is 0 Å². The first-order valence-electron chi connectivity index (χ1n) is 10.4. The van der Waals surface area contributed by atoms with Gasteiger partial charge in [0.15, 0.2) is 6.10 Å². The first-order chi connectivity index (χ1) is 15.1. The van der Waals surface area contributed by atoms with Crippen LogP contribution in [-0.4, -0.2) is 31.4 Å². The second kappa shape index (κ2) is 8.40. The number of sulfonamides is 1. The van der Waals surface area contributed by atoms with Crippen LogP contribution in [0.1, 0.15) is 41.9 Å². The van der Waals surface area contributed by atoms with Gasteiger partial charge in [-0.2, -0.15) is 0 Å². The standard InChI is InChI=1S/C23H25N3O5S/c1-13-3-9-20-18(11-13)19-12-15(4-10-21(19)26-20)23(28)31-14(2)22(27)25-16-5-7-17(8-6-16)32(24,29)30/h4-8,10,12-14,26H,3,9,11H2,1-2H3,(H,25,27)(H2,24,29,30)/t13-,14+/m0/s1. The smallest absolute Gasteiger partial charge is 0.338 e. The highest BCUT2D eigenvalue weighted by atomic mass is 32.2. The van der Waals surface area contributed by atoms with Crippen LogP contribution in [0.5, 0.6) is 0 Å². The van der Waals surface area contributed by atoms with Gasteiger partial charge in [0.1, 0.15) is 0 Å². The van der Waals surface area contributed by atoms with Gasteiger partial charge in [0.2, 0.25) is 10.0 Å². The van der Waals surface area contributed by atoms with Gasteiger partial charge in [-0.3, -0.25) is 4.79 Å². The highest BCUT2D eigenvalue weighted by Gasteiger charge is 2.23. The van der Waals surface area contributed by atoms with E-state index in [-0.39, 0.29) is 4.90 Å². The maximum Gasteiger partial charge on any atom is 0.338 e. The lowest BCUT2D eigenvalue weighted by Crippen LogP contribution is -2.30. The third-order valence-electron chi connectivity index (χ3n) is 5.77. The van der Waals surface area contributed by atoms with Gasteiger partial charge in [0, 0.05) is 22.3 Å². The zero-order valence-corrected chi connectivity index (χ0v) is 18.7. The number of rotatable bonds is 5. The van der Waals surface area contributed by atoms with E-state index < -0.39 is 28.0 Å². The summed E-state index contributed by atoms with van der Waals surface area (Å²) in [6.45, 7) is 3.70. The lowest BCUT2D eigenvalue weighted by molar-refractivity contribution is -0.123. The van der Waals surface area contributed by atoms with Crippen LogP contribution in [0, 0.1) is 5.92 Å². The number of nitrogens with two attached hydrogens (primary N) is 1. The predicted octanol–water partition coefficient (Wildman–Crippen LogP) is 3.12. The van der Waals surface area contributed by atoms with Crippen LogP contribution in [0.4, 0.5) is 5.69 Å². The maximum absolute atomic E-state index is 12.7. The summed E-state index contributed by atoms with van der Waals surface area (Å²) in [6.07, 6.45) is 2.07. The third kappa shape index (κ3) is 4.53. The van der Waals surface area contributed by atoms with Gasteiger partial charge in [0.05, 0.1) is 10.5 Å². The number of aromatic nitrogens is 1. The van der Waals surface area contributed by atoms with Crippen molar-refractivity contribution in [3.8, 4) is 0 Å². The molecule has 168 valence electrons. The SMILES string of the molecule is C[C@H]1CCc2[nH]c3ccc(C(=O)O[C@H](C)C(=O)Nc4ccc(S(N)(=O)=O)cc4)cc3c2C1. The van der Waals surface area contributed by atoms with Crippen molar-refractivity contribution in [2.45, 2.75) is 44.1 Å². The van der Waals surface area contributed by atoms with E-state index in [4.69, 9.17) is 9.88 Å². The van der Waals surface area contributed by atoms with Crippen LogP contribution in [0.15, 0.2) is 47.4 Å². The van der Waals surface area contributed by atoms with Crippen LogP contribution in [0.2, 0.25) is 0 Å². The number of hydrogen-bond acceptors (Lipinski definition) is 5. The van der Waals surface area contributed by atoms with Crippen molar-refractivity contribution in [3.05, 3.63) is 59.3 Å². The van der Waals surface area contributed by atoms with E-state index in [0.29, 0.717) is 17.2 Å². The molecule has 0 unspecified atom stereocenters. The molecule has 1 amide bonds. The van der Waals surface area contributed by atoms with Crippen molar-refractivity contribution < 1.29 is 22.7 Å². The number of amides is 1. The molecule has 0 radical (unpaired) electrons. The van der Waals surface area contributed by atoms with Crippen molar-refractivity contribution in [2.75, 3.05) is 5.32 Å². The molecule has 8 nitrogen and oxygen atoms in total. The number of aryl methyl sites for hydroxylation is 1. The fourth-order valence-electron chi connectivity index (χ4n) is 3.97. The van der Waals surface area contributed by atoms with Gasteiger partial charge < -0.3 is 15.0 Å². The van der Waals surface area contributed by atoms with Crippen LogP contribution >= 0.6 is 0 Å². The summed E-state index contributed by atoms with van der Waals surface area (Å²) >= 11 is 0. The second-order valence-corrected chi connectivity index (χ2v) is 9.86. The lowest BCUT2D eigenvalue weighted by Gasteiger charge is -2.18. The Bertz CT molecular complexity index is 1300. The number of aromatic amines is 1. The number of fused-ring (bicyclic) bond motifs is 3. The molecule has 1 heterocycles. The zero-order valence-electron chi connectivity index (χ0n) is 17.8. The number of nitrogens with one attached hydrogen (secondary N) is 2. The van der Waals surface area contributed by atoms with E-state index in [0.717, 1.165) is 30.2 Å². The number of esters is 1. The Balaban J connectivity index is 1.44. The first-order valence-corrected chi connectivity index (χ1v) is 11.9. The van der Waals surface area contributed by atoms with Gasteiger partial charge in [0.25, 0.3) is 5.91 Å². The molecule has 3 aromatic rings. The fourth-order valence-corrected chi connectivity index (χ4v) is 4.49. The van der Waals surface area contributed by atoms with E-state index in [2.05, 4.69) is 17.2 Å². The molecule has 1 aliphatic carbocycles. The van der Waals surface area contributed by atoms with Crippen molar-refractivity contribution >= 4 is 38.5 Å². The number of H-pyrrole nitrogens is 1. The normalized spacial score (nSPS) is 16.9. The second-order valence-electron chi connectivity index (χ2n) is 8.30. The predicted molar refractivity (Wildman–Crippen MR) is 121 cm³/mol. The molecule has 1 aliphatic rings. The maximum atomic E-state index is 12.7. The van der Waals surface area contributed by atoms with Crippen molar-refractivity contribution in [1.29, 1.82) is 0 Å². The van der Waals surface area contributed by atoms with Crippen LogP contribution in [0.3, 0.4) is 0 Å². The molecule has 4 rings (SSSR count). The number of primary sulfonamides is 1. The van der Waals surface area contributed by atoms with Crippen LogP contribution < -0.4 is 10.5 Å². The minimum Gasteiger partial charge on any atom is -0.449 e. The Labute approximate surface area is 186 Å². The zero-order chi connectivity index (χ0) is 23.0. The molecular weight excluding hydrogens is 430 g/mol. The number of benzene rings is 2. The minimum absolute atomic E-state index is 0.0632. The number of carbonyl (C=O) groups is 2. The lowest BCUT2D eigenvalue weighted by atomic mass is 9.87. The third-order valence-corrected chi connectivity index (χ3v) is 6.70. The average Bonchev–Trinajstić information content (AvgIpc) is 3.10. The summed E-state index contributed by atoms with van der Waals surface area (Å²) in [5, 5.41) is 8.68. The van der Waals surface area contributed by atoms with E-state index >= 15 is 0 Å². The van der Waals surface area contributed by atoms with Crippen molar-refractivity contribution in [2.24, 2.45) is 11.1 Å². The monoisotopic (exact) mass is 455 g/mol. The molecule has 0 saturated heterocycles. The van der Waals surface area contributed by atoms with Crippen LogP contribution in [0.25, 0.3) is 10.9 Å². The summed E-state index contributed by atoms with van der Waals surface area (Å²) < 4.78 is 28.0. The summed E-state index contributed by atoms with van der Waals surface area (Å²) in [5.74, 6) is -0.520. The fraction of sp³-hybridized carbons (Fsp3) is 0.304. The molecule has 0 bridgehead atoms. The van der Waals surface area contributed by atoms with Gasteiger partial charge >= 0.3 is 5.97 Å². The van der Waals surface area contributed by atoms with E-state index in [1.165, 1.54) is 42.4 Å². The molecule has 0 saturated carbocycles. The summed E-state index contributed by atoms with van der Waals surface area (Å²) in [7, 11) is -3.82. The minimum atomic E-state index is -3.82. The number of carbonyl (C=O) groups excluding carboxylic acids is 2. The molecule has 2 aromatic carbocycles. The van der Waals surface area contributed by atoms with E-state index in [9.17, 15) is 18.0 Å². The van der Waals surface area contributed by atoms with Crippen LogP contribution in [-0.2, 0) is 32.4 Å². The van der Waals surface area contributed by atoms with Crippen molar-refractivity contribution in [1.82, 2.24) is 4.98 Å². The summed E-state index contributed by atoms with van der Waals surface area (Å²) in [4.78, 5) is 28.5. The van der Waals surface area contributed by atoms with Gasteiger partial charge in [-0.05, 0) is 80.1 Å². The Morgan fingerprint density at radius 3 is 2.59 bits per heavy atom. The molecule has 1 aromatic heterocycles. The number of hydrogen-bond donors (Lipinski definition) is 3. The van der Waals surface area contributed by atoms with Gasteiger partial charge in [-0.25, -0.2) is 18.4 Å².